The minimum atomic E-state index is -0.223. The summed E-state index contributed by atoms with van der Waals surface area (Å²) in [6.07, 6.45) is 1.62. The molecule has 28 heavy (non-hydrogen) atoms. The summed E-state index contributed by atoms with van der Waals surface area (Å²) in [5.74, 6) is 1.55. The molecule has 2 aromatic carbocycles. The Morgan fingerprint density at radius 1 is 1.18 bits per heavy atom. The molecule has 0 unspecified atom stereocenters. The van der Waals surface area contributed by atoms with Crippen LogP contribution in [0.5, 0.6) is 11.5 Å². The van der Waals surface area contributed by atoms with E-state index in [1.54, 1.807) is 12.1 Å². The predicted octanol–water partition coefficient (Wildman–Crippen LogP) is 3.86. The van der Waals surface area contributed by atoms with Gasteiger partial charge in [0.1, 0.15) is 5.82 Å². The second kappa shape index (κ2) is 10.9. The van der Waals surface area contributed by atoms with Crippen LogP contribution in [0.15, 0.2) is 47.5 Å². The number of hydrogen-bond donors (Lipinski definition) is 2. The topological polar surface area (TPSA) is 72.1 Å². The highest BCUT2D eigenvalue weighted by molar-refractivity contribution is 14.0. The SMILES string of the molecule is CN(CCCN=C(N)Nc1ccc2c(c1)OCCCO2)c1ccccc1F.I. The number of aliphatic imine (C=N–C) groups is 1. The lowest BCUT2D eigenvalue weighted by Crippen LogP contribution is -2.24. The Kier molecular flexibility index (Phi) is 8.62. The molecule has 0 spiro atoms. The number of halogens is 2. The largest absolute Gasteiger partial charge is 0.490 e. The number of nitrogens with two attached hydrogens (primary N) is 1. The van der Waals surface area contributed by atoms with E-state index in [0.717, 1.165) is 24.3 Å². The van der Waals surface area contributed by atoms with Gasteiger partial charge < -0.3 is 25.4 Å². The van der Waals surface area contributed by atoms with Gasteiger partial charge in [-0.25, -0.2) is 4.39 Å². The van der Waals surface area contributed by atoms with Crippen molar-refractivity contribution in [3.63, 3.8) is 0 Å². The van der Waals surface area contributed by atoms with Gasteiger partial charge in [0.25, 0.3) is 0 Å². The smallest absolute Gasteiger partial charge is 0.193 e. The Morgan fingerprint density at radius 2 is 1.93 bits per heavy atom. The summed E-state index contributed by atoms with van der Waals surface area (Å²) >= 11 is 0. The van der Waals surface area contributed by atoms with Crippen LogP contribution in [0, 0.1) is 5.82 Å². The van der Waals surface area contributed by atoms with Crippen molar-refractivity contribution in [3.8, 4) is 11.5 Å². The molecule has 1 aliphatic rings. The molecular weight excluding hydrogens is 474 g/mol. The van der Waals surface area contributed by atoms with Crippen molar-refractivity contribution in [2.45, 2.75) is 12.8 Å². The molecule has 0 saturated carbocycles. The van der Waals surface area contributed by atoms with E-state index >= 15 is 0 Å². The van der Waals surface area contributed by atoms with Crippen molar-refractivity contribution in [3.05, 3.63) is 48.3 Å². The molecule has 0 fully saturated rings. The number of fused-ring (bicyclic) bond motifs is 1. The lowest BCUT2D eigenvalue weighted by molar-refractivity contribution is 0.297. The number of nitrogens with zero attached hydrogens (tertiary/aromatic N) is 2. The predicted molar refractivity (Wildman–Crippen MR) is 122 cm³/mol. The summed E-state index contributed by atoms with van der Waals surface area (Å²) in [7, 11) is 1.86. The fourth-order valence-electron chi connectivity index (χ4n) is 2.82. The summed E-state index contributed by atoms with van der Waals surface area (Å²) in [6, 6.07) is 12.3. The van der Waals surface area contributed by atoms with Gasteiger partial charge in [0.05, 0.1) is 18.9 Å². The molecule has 0 aliphatic carbocycles. The molecule has 1 heterocycles. The van der Waals surface area contributed by atoms with Gasteiger partial charge in [-0.1, -0.05) is 12.1 Å². The van der Waals surface area contributed by atoms with Crippen LogP contribution in [0.4, 0.5) is 15.8 Å². The van der Waals surface area contributed by atoms with E-state index in [-0.39, 0.29) is 29.8 Å². The number of guanidine groups is 1. The lowest BCUT2D eigenvalue weighted by Gasteiger charge is -2.19. The van der Waals surface area contributed by atoms with Crippen molar-refractivity contribution in [2.75, 3.05) is 43.6 Å². The summed E-state index contributed by atoms with van der Waals surface area (Å²) in [4.78, 5) is 6.20. The fourth-order valence-corrected chi connectivity index (χ4v) is 2.82. The summed E-state index contributed by atoms with van der Waals surface area (Å²) in [5, 5.41) is 3.06. The first kappa shape index (κ1) is 22.1. The number of ether oxygens (including phenoxy) is 2. The second-order valence-electron chi connectivity index (χ2n) is 6.33. The van der Waals surface area contributed by atoms with Crippen molar-refractivity contribution in [1.82, 2.24) is 0 Å². The van der Waals surface area contributed by atoms with Crippen LogP contribution >= 0.6 is 24.0 Å². The van der Waals surface area contributed by atoms with Crippen molar-refractivity contribution < 1.29 is 13.9 Å². The number of benzene rings is 2. The fraction of sp³-hybridized carbons (Fsp3) is 0.350. The van der Waals surface area contributed by atoms with Crippen molar-refractivity contribution in [2.24, 2.45) is 10.7 Å². The standard InChI is InChI=1S/C20H25FN4O2.HI/c1-25(17-7-3-2-6-16(17)21)11-4-10-23-20(22)24-15-8-9-18-19(14-15)27-13-5-12-26-18;/h2-3,6-9,14H,4-5,10-13H2,1H3,(H3,22,23,24);1H. The van der Waals surface area contributed by atoms with E-state index < -0.39 is 0 Å². The quantitative estimate of drug-likeness (QED) is 0.273. The molecule has 0 atom stereocenters. The third-order valence-electron chi connectivity index (χ3n) is 4.22. The van der Waals surface area contributed by atoms with Crippen LogP contribution in [0.3, 0.4) is 0 Å². The third kappa shape index (κ3) is 6.15. The molecule has 6 nitrogen and oxygen atoms in total. The average Bonchev–Trinajstić information content (AvgIpc) is 2.90. The summed E-state index contributed by atoms with van der Waals surface area (Å²) < 4.78 is 25.0. The lowest BCUT2D eigenvalue weighted by atomic mass is 10.2. The first-order chi connectivity index (χ1) is 13.1. The molecule has 8 heteroatoms. The van der Waals surface area contributed by atoms with Crippen LogP contribution in [-0.4, -0.2) is 39.3 Å². The summed E-state index contributed by atoms with van der Waals surface area (Å²) in [6.45, 7) is 2.52. The number of para-hydroxylation sites is 1. The van der Waals surface area contributed by atoms with Gasteiger partial charge in [-0.05, 0) is 30.7 Å². The van der Waals surface area contributed by atoms with E-state index in [1.807, 2.05) is 36.2 Å². The van der Waals surface area contributed by atoms with Gasteiger partial charge in [-0.3, -0.25) is 4.99 Å². The summed E-state index contributed by atoms with van der Waals surface area (Å²) in [5.41, 5.74) is 7.34. The number of nitrogens with one attached hydrogen (secondary N) is 1. The van der Waals surface area contributed by atoms with Crippen LogP contribution < -0.4 is 25.4 Å². The highest BCUT2D eigenvalue weighted by Crippen LogP contribution is 2.32. The molecular formula is C20H26FIN4O2. The molecule has 0 amide bonds. The van der Waals surface area contributed by atoms with Gasteiger partial charge in [0.2, 0.25) is 0 Å². The zero-order valence-electron chi connectivity index (χ0n) is 15.9. The zero-order chi connectivity index (χ0) is 19.1. The second-order valence-corrected chi connectivity index (χ2v) is 6.33. The van der Waals surface area contributed by atoms with Gasteiger partial charge in [-0.2, -0.15) is 0 Å². The first-order valence-corrected chi connectivity index (χ1v) is 9.06. The van der Waals surface area contributed by atoms with Crippen molar-refractivity contribution >= 4 is 41.3 Å². The van der Waals surface area contributed by atoms with Crippen LogP contribution in [0.25, 0.3) is 0 Å². The van der Waals surface area contributed by atoms with Crippen LogP contribution in [0.1, 0.15) is 12.8 Å². The zero-order valence-corrected chi connectivity index (χ0v) is 18.2. The average molecular weight is 500 g/mol. The third-order valence-corrected chi connectivity index (χ3v) is 4.22. The maximum atomic E-state index is 13.7. The molecule has 0 saturated heterocycles. The van der Waals surface area contributed by atoms with E-state index in [9.17, 15) is 4.39 Å². The Bertz CT molecular complexity index is 804. The van der Waals surface area contributed by atoms with E-state index in [2.05, 4.69) is 10.3 Å². The number of hydrogen-bond acceptors (Lipinski definition) is 4. The molecule has 0 radical (unpaired) electrons. The van der Waals surface area contributed by atoms with Gasteiger partial charge in [0.15, 0.2) is 17.5 Å². The molecule has 152 valence electrons. The molecule has 0 aromatic heterocycles. The highest BCUT2D eigenvalue weighted by Gasteiger charge is 2.11. The number of anilines is 2. The van der Waals surface area contributed by atoms with E-state index in [0.29, 0.717) is 43.7 Å². The Morgan fingerprint density at radius 3 is 2.71 bits per heavy atom. The normalized spacial score (nSPS) is 13.3. The minimum Gasteiger partial charge on any atom is -0.490 e. The molecule has 1 aliphatic heterocycles. The first-order valence-electron chi connectivity index (χ1n) is 9.06. The van der Waals surface area contributed by atoms with Gasteiger partial charge in [0, 0.05) is 38.3 Å². The van der Waals surface area contributed by atoms with Crippen LogP contribution in [0.2, 0.25) is 0 Å². The van der Waals surface area contributed by atoms with Gasteiger partial charge >= 0.3 is 0 Å². The molecule has 3 N–H and O–H groups in total. The molecule has 2 aromatic rings. The van der Waals surface area contributed by atoms with E-state index in [4.69, 9.17) is 15.2 Å². The van der Waals surface area contributed by atoms with Gasteiger partial charge in [-0.15, -0.1) is 24.0 Å². The highest BCUT2D eigenvalue weighted by atomic mass is 127. The van der Waals surface area contributed by atoms with E-state index in [1.165, 1.54) is 6.07 Å². The molecule has 0 bridgehead atoms. The Hall–Kier alpha value is -2.23. The monoisotopic (exact) mass is 500 g/mol. The maximum Gasteiger partial charge on any atom is 0.193 e. The molecule has 3 rings (SSSR count). The number of rotatable bonds is 6. The Labute approximate surface area is 181 Å². The van der Waals surface area contributed by atoms with Crippen molar-refractivity contribution in [1.29, 1.82) is 0 Å². The Balaban J connectivity index is 0.00000280. The van der Waals surface area contributed by atoms with Crippen LogP contribution in [-0.2, 0) is 0 Å². The maximum absolute atomic E-state index is 13.7. The minimum absolute atomic E-state index is 0.